The summed E-state index contributed by atoms with van der Waals surface area (Å²) in [6, 6.07) is 8.85. The molecule has 0 radical (unpaired) electrons. The van der Waals surface area contributed by atoms with Crippen LogP contribution in [-0.2, 0) is 11.3 Å². The van der Waals surface area contributed by atoms with Crippen molar-refractivity contribution in [3.8, 4) is 10.6 Å². The Morgan fingerprint density at radius 2 is 2.15 bits per heavy atom. The van der Waals surface area contributed by atoms with Crippen LogP contribution in [0.3, 0.4) is 0 Å². The molecular formula is C14H10N2O3S. The molecule has 100 valence electrons. The molecule has 0 fully saturated rings. The van der Waals surface area contributed by atoms with Crippen LogP contribution < -0.4 is 0 Å². The van der Waals surface area contributed by atoms with Gasteiger partial charge >= 0.3 is 5.97 Å². The van der Waals surface area contributed by atoms with E-state index >= 15 is 0 Å². The number of carbonyl (C=O) groups is 1. The fraction of sp³-hybridized carbons (Fsp3) is 0.0714. The minimum Gasteiger partial charge on any atom is -0.455 e. The van der Waals surface area contributed by atoms with Crippen molar-refractivity contribution in [2.24, 2.45) is 0 Å². The molecule has 0 bridgehead atoms. The maximum absolute atomic E-state index is 11.7. The van der Waals surface area contributed by atoms with E-state index in [1.807, 2.05) is 17.5 Å². The van der Waals surface area contributed by atoms with Crippen molar-refractivity contribution in [2.45, 2.75) is 6.61 Å². The highest BCUT2D eigenvalue weighted by Crippen LogP contribution is 2.25. The van der Waals surface area contributed by atoms with Gasteiger partial charge in [-0.05, 0) is 23.6 Å². The number of carbonyl (C=O) groups excluding carboxylic acids is 1. The topological polar surface area (TPSA) is 65.2 Å². The van der Waals surface area contributed by atoms with E-state index in [0.717, 1.165) is 4.88 Å². The Kier molecular flexibility index (Phi) is 3.56. The fourth-order valence-corrected chi connectivity index (χ4v) is 2.30. The molecule has 0 amide bonds. The molecule has 3 heterocycles. The Morgan fingerprint density at radius 1 is 1.30 bits per heavy atom. The van der Waals surface area contributed by atoms with Crippen LogP contribution in [0.15, 0.2) is 52.6 Å². The Morgan fingerprint density at radius 3 is 2.90 bits per heavy atom. The minimum absolute atomic E-state index is 0.0794. The van der Waals surface area contributed by atoms with E-state index in [0.29, 0.717) is 17.0 Å². The molecule has 0 N–H and O–H groups in total. The minimum atomic E-state index is -0.409. The van der Waals surface area contributed by atoms with Gasteiger partial charge in [-0.1, -0.05) is 11.2 Å². The first-order valence-electron chi connectivity index (χ1n) is 5.89. The lowest BCUT2D eigenvalue weighted by molar-refractivity contribution is 0.0464. The Balaban J connectivity index is 1.63. The van der Waals surface area contributed by atoms with Gasteiger partial charge in [0.2, 0.25) is 0 Å². The molecule has 6 heteroatoms. The second-order valence-electron chi connectivity index (χ2n) is 3.97. The van der Waals surface area contributed by atoms with Gasteiger partial charge in [-0.3, -0.25) is 4.98 Å². The molecule has 0 aliphatic carbocycles. The number of nitrogens with zero attached hydrogens (tertiary/aromatic N) is 2. The summed E-state index contributed by atoms with van der Waals surface area (Å²) in [6.45, 7) is 0.0794. The molecule has 20 heavy (non-hydrogen) atoms. The number of thiophene rings is 1. The first-order valence-corrected chi connectivity index (χ1v) is 6.77. The summed E-state index contributed by atoms with van der Waals surface area (Å²) in [6.07, 6.45) is 3.09. The van der Waals surface area contributed by atoms with E-state index in [4.69, 9.17) is 9.26 Å². The van der Waals surface area contributed by atoms with Gasteiger partial charge in [-0.15, -0.1) is 11.3 Å². The van der Waals surface area contributed by atoms with Crippen molar-refractivity contribution >= 4 is 17.3 Å². The zero-order valence-corrected chi connectivity index (χ0v) is 11.2. The molecular weight excluding hydrogens is 276 g/mol. The van der Waals surface area contributed by atoms with E-state index in [1.165, 1.54) is 0 Å². The van der Waals surface area contributed by atoms with Gasteiger partial charge in [0, 0.05) is 18.5 Å². The summed E-state index contributed by atoms with van der Waals surface area (Å²) in [5, 5.41) is 5.84. The average Bonchev–Trinajstić information content (AvgIpc) is 3.16. The maximum atomic E-state index is 11.7. The predicted octanol–water partition coefficient (Wildman–Crippen LogP) is 3.16. The zero-order valence-electron chi connectivity index (χ0n) is 10.4. The molecule has 3 aromatic heterocycles. The molecule has 0 spiro atoms. The molecule has 5 nitrogen and oxygen atoms in total. The molecule has 0 atom stereocenters. The highest BCUT2D eigenvalue weighted by molar-refractivity contribution is 7.13. The lowest BCUT2D eigenvalue weighted by Gasteiger charge is -2.01. The molecule has 0 saturated carbocycles. The quantitative estimate of drug-likeness (QED) is 0.689. The monoisotopic (exact) mass is 286 g/mol. The normalized spacial score (nSPS) is 10.4. The van der Waals surface area contributed by atoms with Crippen molar-refractivity contribution in [3.63, 3.8) is 0 Å². The number of hydrogen-bond acceptors (Lipinski definition) is 6. The number of rotatable bonds is 4. The summed E-state index contributed by atoms with van der Waals surface area (Å²) in [4.78, 5) is 16.6. The van der Waals surface area contributed by atoms with Gasteiger partial charge in [-0.2, -0.15) is 0 Å². The molecule has 3 aromatic rings. The number of hydrogen-bond donors (Lipinski definition) is 0. The average molecular weight is 286 g/mol. The fourth-order valence-electron chi connectivity index (χ4n) is 1.63. The van der Waals surface area contributed by atoms with E-state index in [9.17, 15) is 4.79 Å². The van der Waals surface area contributed by atoms with Crippen LogP contribution in [-0.4, -0.2) is 16.1 Å². The molecule has 3 rings (SSSR count). The van der Waals surface area contributed by atoms with Crippen LogP contribution in [0, 0.1) is 0 Å². The third-order valence-corrected chi connectivity index (χ3v) is 3.47. The van der Waals surface area contributed by atoms with Crippen LogP contribution in [0.5, 0.6) is 0 Å². The SMILES string of the molecule is O=C(OCc1cc(-c2cccs2)on1)c1ccncc1. The Labute approximate surface area is 118 Å². The predicted molar refractivity (Wildman–Crippen MR) is 73.2 cm³/mol. The van der Waals surface area contributed by atoms with Gasteiger partial charge < -0.3 is 9.26 Å². The standard InChI is InChI=1S/C14H10N2O3S/c17-14(10-3-5-15-6-4-10)18-9-11-8-12(19-16-11)13-2-1-7-20-13/h1-8H,9H2. The van der Waals surface area contributed by atoms with Crippen LogP contribution in [0.1, 0.15) is 16.1 Å². The number of aromatic nitrogens is 2. The van der Waals surface area contributed by atoms with E-state index < -0.39 is 5.97 Å². The van der Waals surface area contributed by atoms with Gasteiger partial charge in [0.1, 0.15) is 12.3 Å². The lowest BCUT2D eigenvalue weighted by atomic mass is 10.3. The smallest absolute Gasteiger partial charge is 0.338 e. The maximum Gasteiger partial charge on any atom is 0.338 e. The van der Waals surface area contributed by atoms with E-state index in [2.05, 4.69) is 10.1 Å². The van der Waals surface area contributed by atoms with Crippen molar-refractivity contribution in [1.82, 2.24) is 10.1 Å². The van der Waals surface area contributed by atoms with Gasteiger partial charge in [0.15, 0.2) is 5.76 Å². The Hall–Kier alpha value is -2.47. The van der Waals surface area contributed by atoms with Crippen molar-refractivity contribution < 1.29 is 14.1 Å². The van der Waals surface area contributed by atoms with Crippen LogP contribution >= 0.6 is 11.3 Å². The second-order valence-corrected chi connectivity index (χ2v) is 4.92. The summed E-state index contributed by atoms with van der Waals surface area (Å²) < 4.78 is 10.4. The molecule has 0 aliphatic rings. The third-order valence-electron chi connectivity index (χ3n) is 2.59. The molecule has 0 unspecified atom stereocenters. The first-order chi connectivity index (χ1) is 9.83. The highest BCUT2D eigenvalue weighted by Gasteiger charge is 2.11. The van der Waals surface area contributed by atoms with Crippen LogP contribution in [0.4, 0.5) is 0 Å². The van der Waals surface area contributed by atoms with Crippen molar-refractivity contribution in [2.75, 3.05) is 0 Å². The van der Waals surface area contributed by atoms with Crippen molar-refractivity contribution in [3.05, 3.63) is 59.4 Å². The van der Waals surface area contributed by atoms with E-state index in [1.54, 1.807) is 41.9 Å². The van der Waals surface area contributed by atoms with Crippen molar-refractivity contribution in [1.29, 1.82) is 0 Å². The highest BCUT2D eigenvalue weighted by atomic mass is 32.1. The first kappa shape index (κ1) is 12.6. The van der Waals surface area contributed by atoms with Gasteiger partial charge in [-0.25, -0.2) is 4.79 Å². The molecule has 0 saturated heterocycles. The van der Waals surface area contributed by atoms with E-state index in [-0.39, 0.29) is 6.61 Å². The number of esters is 1. The summed E-state index contributed by atoms with van der Waals surface area (Å²) in [5.74, 6) is 0.267. The molecule has 0 aliphatic heterocycles. The zero-order chi connectivity index (χ0) is 13.8. The molecule has 0 aromatic carbocycles. The third kappa shape index (κ3) is 2.75. The number of pyridine rings is 1. The largest absolute Gasteiger partial charge is 0.455 e. The lowest BCUT2D eigenvalue weighted by Crippen LogP contribution is -2.05. The van der Waals surface area contributed by atoms with Gasteiger partial charge in [0.05, 0.1) is 10.4 Å². The van der Waals surface area contributed by atoms with Crippen LogP contribution in [0.2, 0.25) is 0 Å². The second kappa shape index (κ2) is 5.66. The summed E-state index contributed by atoms with van der Waals surface area (Å²) in [7, 11) is 0. The number of ether oxygens (including phenoxy) is 1. The van der Waals surface area contributed by atoms with Gasteiger partial charge in [0.25, 0.3) is 0 Å². The summed E-state index contributed by atoms with van der Waals surface area (Å²) >= 11 is 1.56. The Bertz CT molecular complexity index is 692. The van der Waals surface area contributed by atoms with Crippen LogP contribution in [0.25, 0.3) is 10.6 Å². The summed E-state index contributed by atoms with van der Waals surface area (Å²) in [5.41, 5.74) is 1.04.